The molecule has 0 spiro atoms. The van der Waals surface area contributed by atoms with E-state index in [0.29, 0.717) is 39.4 Å². The number of carbonyl (C=O) groups excluding carboxylic acids is 2. The highest BCUT2D eigenvalue weighted by atomic mass is 35.5. The molecule has 0 aliphatic heterocycles. The van der Waals surface area contributed by atoms with Crippen LogP contribution in [0.25, 0.3) is 22.0 Å². The molecule has 7 nitrogen and oxygen atoms in total. The minimum atomic E-state index is -0.672. The number of fused-ring (bicyclic) bond motifs is 1. The maximum atomic E-state index is 14.1. The predicted octanol–water partition coefficient (Wildman–Crippen LogP) is 7.66. The summed E-state index contributed by atoms with van der Waals surface area (Å²) in [6.07, 6.45) is 1.42. The van der Waals surface area contributed by atoms with Crippen LogP contribution in [0.4, 0.5) is 4.39 Å². The monoisotopic (exact) mass is 589 g/mol. The average molecular weight is 590 g/mol. The van der Waals surface area contributed by atoms with Gasteiger partial charge in [0.1, 0.15) is 11.5 Å². The van der Waals surface area contributed by atoms with E-state index in [0.717, 1.165) is 5.56 Å². The summed E-state index contributed by atoms with van der Waals surface area (Å²) >= 11 is 12.0. The minimum absolute atomic E-state index is 0.154. The third-order valence-electron chi connectivity index (χ3n) is 6.05. The molecule has 0 bridgehead atoms. The van der Waals surface area contributed by atoms with Crippen LogP contribution in [0.15, 0.2) is 90.0 Å². The summed E-state index contributed by atoms with van der Waals surface area (Å²) in [6.45, 7) is 2.10. The van der Waals surface area contributed by atoms with E-state index in [2.05, 4.69) is 15.5 Å². The Kier molecular flexibility index (Phi) is 8.33. The standard InChI is InChI=1S/C31H22Cl2FN3O4/c1-2-40-27-14-18(8-13-26(27)41-31(39)22-11-9-20(32)15-24(22)33)17-35-37-30(38)29-28(19-6-4-3-5-7-19)23-16-21(34)10-12-25(23)36-29/h3-17,36H,2H2,1H3,(H,37,38). The first kappa shape index (κ1) is 27.9. The number of esters is 1. The van der Waals surface area contributed by atoms with Crippen molar-refractivity contribution in [2.24, 2.45) is 5.10 Å². The number of aromatic nitrogens is 1. The summed E-state index contributed by atoms with van der Waals surface area (Å²) in [5, 5.41) is 5.23. The number of halogens is 3. The first-order valence-electron chi connectivity index (χ1n) is 12.5. The van der Waals surface area contributed by atoms with Crippen molar-refractivity contribution < 1.29 is 23.5 Å². The lowest BCUT2D eigenvalue weighted by Gasteiger charge is -2.12. The first-order valence-corrected chi connectivity index (χ1v) is 13.2. The number of benzene rings is 4. The number of H-pyrrole nitrogens is 1. The van der Waals surface area contributed by atoms with Crippen LogP contribution in [-0.4, -0.2) is 29.7 Å². The smallest absolute Gasteiger partial charge is 0.345 e. The van der Waals surface area contributed by atoms with Crippen molar-refractivity contribution in [1.29, 1.82) is 0 Å². The molecule has 4 aromatic carbocycles. The zero-order valence-corrected chi connectivity index (χ0v) is 23.1. The molecule has 1 amide bonds. The molecule has 0 saturated heterocycles. The van der Waals surface area contributed by atoms with Crippen LogP contribution in [0.1, 0.15) is 33.3 Å². The van der Waals surface area contributed by atoms with Gasteiger partial charge in [-0.2, -0.15) is 5.10 Å². The molecule has 0 atom stereocenters. The molecular formula is C31H22Cl2FN3O4. The summed E-state index contributed by atoms with van der Waals surface area (Å²) in [5.74, 6) is -1.11. The number of carbonyl (C=O) groups is 2. The van der Waals surface area contributed by atoms with Crippen molar-refractivity contribution in [1.82, 2.24) is 10.4 Å². The number of hydrazone groups is 1. The topological polar surface area (TPSA) is 92.8 Å². The molecule has 5 rings (SSSR count). The Balaban J connectivity index is 1.36. The minimum Gasteiger partial charge on any atom is -0.490 e. The molecule has 0 unspecified atom stereocenters. The van der Waals surface area contributed by atoms with Crippen LogP contribution >= 0.6 is 23.2 Å². The zero-order chi connectivity index (χ0) is 28.9. The molecule has 1 heterocycles. The number of hydrogen-bond donors (Lipinski definition) is 2. The second-order valence-electron chi connectivity index (χ2n) is 8.78. The molecule has 1 aromatic heterocycles. The fourth-order valence-corrected chi connectivity index (χ4v) is 4.71. The second-order valence-corrected chi connectivity index (χ2v) is 9.63. The van der Waals surface area contributed by atoms with Crippen molar-refractivity contribution in [2.45, 2.75) is 6.92 Å². The van der Waals surface area contributed by atoms with Gasteiger partial charge in [-0.1, -0.05) is 53.5 Å². The largest absolute Gasteiger partial charge is 0.490 e. The molecule has 5 aromatic rings. The van der Waals surface area contributed by atoms with Gasteiger partial charge in [0.05, 0.1) is 23.4 Å². The number of aromatic amines is 1. The van der Waals surface area contributed by atoms with Gasteiger partial charge in [-0.15, -0.1) is 0 Å². The van der Waals surface area contributed by atoms with Crippen LogP contribution in [0.5, 0.6) is 11.5 Å². The van der Waals surface area contributed by atoms with Crippen LogP contribution in [-0.2, 0) is 0 Å². The molecule has 206 valence electrons. The third kappa shape index (κ3) is 6.24. The van der Waals surface area contributed by atoms with E-state index < -0.39 is 17.7 Å². The molecule has 10 heteroatoms. The van der Waals surface area contributed by atoms with E-state index in [1.165, 1.54) is 36.5 Å². The zero-order valence-electron chi connectivity index (χ0n) is 21.6. The van der Waals surface area contributed by atoms with Crippen molar-refractivity contribution in [3.63, 3.8) is 0 Å². The Labute approximate surface area is 244 Å². The first-order chi connectivity index (χ1) is 19.8. The Morgan fingerprint density at radius 1 is 0.976 bits per heavy atom. The Hall–Kier alpha value is -4.66. The van der Waals surface area contributed by atoms with Crippen LogP contribution in [0.2, 0.25) is 10.0 Å². The van der Waals surface area contributed by atoms with E-state index in [1.807, 2.05) is 30.3 Å². The second kappa shape index (κ2) is 12.2. The summed E-state index contributed by atoms with van der Waals surface area (Å²) < 4.78 is 25.2. The van der Waals surface area contributed by atoms with E-state index in [4.69, 9.17) is 32.7 Å². The highest BCUT2D eigenvalue weighted by molar-refractivity contribution is 6.36. The number of rotatable bonds is 8. The molecule has 2 N–H and O–H groups in total. The third-order valence-corrected chi connectivity index (χ3v) is 6.60. The van der Waals surface area contributed by atoms with E-state index >= 15 is 0 Å². The Bertz CT molecular complexity index is 1790. The Morgan fingerprint density at radius 3 is 2.54 bits per heavy atom. The van der Waals surface area contributed by atoms with Gasteiger partial charge in [-0.3, -0.25) is 4.79 Å². The number of amides is 1. The van der Waals surface area contributed by atoms with Crippen LogP contribution in [0, 0.1) is 5.82 Å². The summed E-state index contributed by atoms with van der Waals surface area (Å²) in [7, 11) is 0. The molecule has 41 heavy (non-hydrogen) atoms. The highest BCUT2D eigenvalue weighted by Crippen LogP contribution is 2.33. The van der Waals surface area contributed by atoms with Gasteiger partial charge in [0.2, 0.25) is 0 Å². The van der Waals surface area contributed by atoms with Gasteiger partial charge in [-0.05, 0) is 72.6 Å². The van der Waals surface area contributed by atoms with Crippen molar-refractivity contribution in [3.05, 3.63) is 118 Å². The van der Waals surface area contributed by atoms with Gasteiger partial charge < -0.3 is 14.5 Å². The van der Waals surface area contributed by atoms with E-state index in [-0.39, 0.29) is 22.0 Å². The van der Waals surface area contributed by atoms with Gasteiger partial charge in [0.25, 0.3) is 5.91 Å². The van der Waals surface area contributed by atoms with Gasteiger partial charge in [-0.25, -0.2) is 14.6 Å². The normalized spacial score (nSPS) is 11.1. The molecular weight excluding hydrogens is 568 g/mol. The predicted molar refractivity (Wildman–Crippen MR) is 158 cm³/mol. The average Bonchev–Trinajstić information content (AvgIpc) is 3.33. The summed E-state index contributed by atoms with van der Waals surface area (Å²) in [6, 6.07) is 22.8. The summed E-state index contributed by atoms with van der Waals surface area (Å²) in [4.78, 5) is 28.9. The van der Waals surface area contributed by atoms with Gasteiger partial charge >= 0.3 is 5.97 Å². The van der Waals surface area contributed by atoms with Gasteiger partial charge in [0.15, 0.2) is 11.5 Å². The quantitative estimate of drug-likeness (QED) is 0.0840. The lowest BCUT2D eigenvalue weighted by atomic mass is 10.0. The van der Waals surface area contributed by atoms with E-state index in [1.54, 1.807) is 31.2 Å². The fraction of sp³-hybridized carbons (Fsp3) is 0.0645. The molecule has 0 aliphatic rings. The maximum Gasteiger partial charge on any atom is 0.345 e. The maximum absolute atomic E-state index is 14.1. The number of ether oxygens (including phenoxy) is 2. The number of nitrogens with zero attached hydrogens (tertiary/aromatic N) is 1. The molecule has 0 radical (unpaired) electrons. The number of hydrogen-bond acceptors (Lipinski definition) is 5. The van der Waals surface area contributed by atoms with E-state index in [9.17, 15) is 14.0 Å². The van der Waals surface area contributed by atoms with Crippen LogP contribution < -0.4 is 14.9 Å². The Morgan fingerprint density at radius 2 is 1.78 bits per heavy atom. The van der Waals surface area contributed by atoms with Crippen molar-refractivity contribution in [3.8, 4) is 22.6 Å². The van der Waals surface area contributed by atoms with Crippen molar-refractivity contribution >= 4 is 52.2 Å². The molecule has 0 fully saturated rings. The lowest BCUT2D eigenvalue weighted by Crippen LogP contribution is -2.18. The van der Waals surface area contributed by atoms with Gasteiger partial charge in [0, 0.05) is 21.5 Å². The number of nitrogens with one attached hydrogen (secondary N) is 2. The van der Waals surface area contributed by atoms with Crippen molar-refractivity contribution in [2.75, 3.05) is 6.61 Å². The lowest BCUT2D eigenvalue weighted by molar-refractivity contribution is 0.0728. The fourth-order valence-electron chi connectivity index (χ4n) is 4.23. The molecule has 0 aliphatic carbocycles. The molecule has 0 saturated carbocycles. The highest BCUT2D eigenvalue weighted by Gasteiger charge is 2.20. The summed E-state index contributed by atoms with van der Waals surface area (Å²) in [5.41, 5.74) is 5.42. The van der Waals surface area contributed by atoms with Crippen LogP contribution in [0.3, 0.4) is 0 Å². The SMILES string of the molecule is CCOc1cc(C=NNC(=O)c2[nH]c3ccc(F)cc3c2-c2ccccc2)ccc1OC(=O)c1ccc(Cl)cc1Cl.